The minimum absolute atomic E-state index is 0.0302. The summed E-state index contributed by atoms with van der Waals surface area (Å²) in [6, 6.07) is 19.4. The smallest absolute Gasteiger partial charge is 0.256 e. The van der Waals surface area contributed by atoms with Gasteiger partial charge < -0.3 is 5.32 Å². The molecule has 0 atom stereocenters. The summed E-state index contributed by atoms with van der Waals surface area (Å²) in [6.45, 7) is 11.2. The summed E-state index contributed by atoms with van der Waals surface area (Å²) in [4.78, 5) is 17.9. The van der Waals surface area contributed by atoms with Crippen molar-refractivity contribution in [2.75, 3.05) is 5.32 Å². The number of para-hydroxylation sites is 1. The summed E-state index contributed by atoms with van der Waals surface area (Å²) in [7, 11) is -1.24. The van der Waals surface area contributed by atoms with Crippen LogP contribution in [-0.4, -0.2) is 19.0 Å². The van der Waals surface area contributed by atoms with Gasteiger partial charge in [0.15, 0.2) is 0 Å². The van der Waals surface area contributed by atoms with Crippen molar-refractivity contribution in [3.05, 3.63) is 70.9 Å². The molecule has 2 aromatic carbocycles. The third kappa shape index (κ3) is 4.64. The van der Waals surface area contributed by atoms with E-state index in [1.54, 1.807) is 6.20 Å². The van der Waals surface area contributed by atoms with E-state index in [9.17, 15) is 4.79 Å². The van der Waals surface area contributed by atoms with Gasteiger partial charge in [-0.2, -0.15) is 0 Å². The van der Waals surface area contributed by atoms with E-state index in [-0.39, 0.29) is 5.91 Å². The van der Waals surface area contributed by atoms with E-state index in [2.05, 4.69) is 57.1 Å². The van der Waals surface area contributed by atoms with Crippen LogP contribution in [0.1, 0.15) is 47.8 Å². The molecule has 0 spiro atoms. The Hall–Kier alpha value is -2.46. The van der Waals surface area contributed by atoms with Gasteiger partial charge in [-0.05, 0) is 43.5 Å². The van der Waals surface area contributed by atoms with E-state index in [0.29, 0.717) is 0 Å². The Kier molecular flexibility index (Phi) is 7.09. The maximum absolute atomic E-state index is 13.4. The fourth-order valence-corrected chi connectivity index (χ4v) is 8.01. The predicted octanol–water partition coefficient (Wildman–Crippen LogP) is 7.15. The number of aryl methyl sites for hydroxylation is 3. The number of aromatic nitrogens is 1. The van der Waals surface area contributed by atoms with E-state index < -0.39 is 8.07 Å². The summed E-state index contributed by atoms with van der Waals surface area (Å²) in [5.41, 5.74) is 5.89. The highest BCUT2D eigenvalue weighted by molar-refractivity contribution is 6.79. The molecule has 3 aromatic rings. The molecule has 0 saturated heterocycles. The van der Waals surface area contributed by atoms with Crippen molar-refractivity contribution in [1.82, 2.24) is 4.98 Å². The lowest BCUT2D eigenvalue weighted by molar-refractivity contribution is 0.102. The van der Waals surface area contributed by atoms with Gasteiger partial charge in [0.2, 0.25) is 0 Å². The zero-order valence-corrected chi connectivity index (χ0v) is 20.0. The lowest BCUT2D eigenvalue weighted by Gasteiger charge is -2.28. The lowest BCUT2D eigenvalue weighted by Crippen LogP contribution is -2.32. The van der Waals surface area contributed by atoms with E-state index >= 15 is 0 Å². The highest BCUT2D eigenvalue weighted by Gasteiger charge is 2.27. The summed E-state index contributed by atoms with van der Waals surface area (Å²) >= 11 is 0. The van der Waals surface area contributed by atoms with Crippen LogP contribution < -0.4 is 5.32 Å². The SMILES string of the molecule is CC[Si](CC)(CC)CCc1cc(C)cc(C)c1C(=O)Nc1cccc2cccnc12. The second kappa shape index (κ2) is 9.56. The van der Waals surface area contributed by atoms with Gasteiger partial charge in [0.25, 0.3) is 5.91 Å². The second-order valence-electron chi connectivity index (χ2n) is 8.51. The van der Waals surface area contributed by atoms with Crippen LogP contribution in [0.2, 0.25) is 24.2 Å². The largest absolute Gasteiger partial charge is 0.320 e. The molecule has 0 aliphatic carbocycles. The number of pyridine rings is 1. The maximum atomic E-state index is 13.4. The maximum Gasteiger partial charge on any atom is 0.256 e. The van der Waals surface area contributed by atoms with Gasteiger partial charge in [0.05, 0.1) is 19.3 Å². The van der Waals surface area contributed by atoms with Crippen molar-refractivity contribution >= 4 is 30.6 Å². The standard InChI is InChI=1S/C26H34N2OSi/c1-6-30(7-2,8-3)16-14-22-18-19(4)17-20(5)24(22)26(29)28-23-13-9-11-21-12-10-15-27-25(21)23/h9-13,15,17-18H,6-8,14,16H2,1-5H3,(H,28,29). The molecule has 0 unspecified atom stereocenters. The zero-order chi connectivity index (χ0) is 21.7. The van der Waals surface area contributed by atoms with Crippen LogP contribution >= 0.6 is 0 Å². The molecule has 158 valence electrons. The van der Waals surface area contributed by atoms with Crippen LogP contribution in [0.3, 0.4) is 0 Å². The van der Waals surface area contributed by atoms with Gasteiger partial charge in [-0.1, -0.05) is 80.8 Å². The van der Waals surface area contributed by atoms with Crippen molar-refractivity contribution < 1.29 is 4.79 Å². The average Bonchev–Trinajstić information content (AvgIpc) is 2.75. The Labute approximate surface area is 181 Å². The number of nitrogens with zero attached hydrogens (tertiary/aromatic N) is 1. The van der Waals surface area contributed by atoms with Crippen molar-refractivity contribution in [2.24, 2.45) is 0 Å². The molecular weight excluding hydrogens is 384 g/mol. The fourth-order valence-electron chi connectivity index (χ4n) is 4.65. The van der Waals surface area contributed by atoms with E-state index in [4.69, 9.17) is 0 Å². The number of anilines is 1. The number of carbonyl (C=O) groups excluding carboxylic acids is 1. The third-order valence-corrected chi connectivity index (χ3v) is 12.7. The number of amides is 1. The quantitative estimate of drug-likeness (QED) is 0.394. The molecule has 3 nitrogen and oxygen atoms in total. The van der Waals surface area contributed by atoms with Crippen LogP contribution in [0, 0.1) is 13.8 Å². The first-order chi connectivity index (χ1) is 14.4. The number of benzene rings is 2. The summed E-state index contributed by atoms with van der Waals surface area (Å²) in [5, 5.41) is 4.18. The highest BCUT2D eigenvalue weighted by atomic mass is 28.3. The molecule has 1 aromatic heterocycles. The van der Waals surface area contributed by atoms with E-state index in [1.165, 1.54) is 35.3 Å². The molecule has 4 heteroatoms. The van der Waals surface area contributed by atoms with E-state index in [1.807, 2.05) is 30.3 Å². The molecule has 0 saturated carbocycles. The number of rotatable bonds is 8. The minimum Gasteiger partial charge on any atom is -0.320 e. The van der Waals surface area contributed by atoms with Crippen molar-refractivity contribution in [2.45, 2.75) is 65.2 Å². The van der Waals surface area contributed by atoms with Crippen LogP contribution in [-0.2, 0) is 6.42 Å². The van der Waals surface area contributed by atoms with Gasteiger partial charge >= 0.3 is 0 Å². The first-order valence-corrected chi connectivity index (χ1v) is 14.0. The summed E-state index contributed by atoms with van der Waals surface area (Å²) in [6.07, 6.45) is 2.76. The minimum atomic E-state index is -1.24. The molecule has 0 bridgehead atoms. The van der Waals surface area contributed by atoms with Gasteiger partial charge in [-0.15, -0.1) is 0 Å². The molecule has 0 fully saturated rings. The van der Waals surface area contributed by atoms with Gasteiger partial charge in [-0.3, -0.25) is 9.78 Å². The van der Waals surface area contributed by atoms with Crippen molar-refractivity contribution in [3.63, 3.8) is 0 Å². The van der Waals surface area contributed by atoms with Crippen LogP contribution in [0.15, 0.2) is 48.7 Å². The van der Waals surface area contributed by atoms with Crippen LogP contribution in [0.4, 0.5) is 5.69 Å². The average molecular weight is 419 g/mol. The predicted molar refractivity (Wildman–Crippen MR) is 131 cm³/mol. The first kappa shape index (κ1) is 22.2. The number of fused-ring (bicyclic) bond motifs is 1. The molecule has 30 heavy (non-hydrogen) atoms. The summed E-state index contributed by atoms with van der Waals surface area (Å²) in [5.74, 6) is -0.0302. The van der Waals surface area contributed by atoms with Gasteiger partial charge in [-0.25, -0.2) is 0 Å². The van der Waals surface area contributed by atoms with Gasteiger partial charge in [0.1, 0.15) is 0 Å². The second-order valence-corrected chi connectivity index (χ2v) is 14.1. The fraction of sp³-hybridized carbons (Fsp3) is 0.385. The third-order valence-electron chi connectivity index (χ3n) is 6.84. The molecule has 1 heterocycles. The number of nitrogens with one attached hydrogen (secondary N) is 1. The van der Waals surface area contributed by atoms with Crippen LogP contribution in [0.25, 0.3) is 10.9 Å². The topological polar surface area (TPSA) is 42.0 Å². The molecule has 3 rings (SSSR count). The summed E-state index contributed by atoms with van der Waals surface area (Å²) < 4.78 is 0. The lowest BCUT2D eigenvalue weighted by atomic mass is 9.96. The Morgan fingerprint density at radius 3 is 2.40 bits per heavy atom. The molecule has 0 aliphatic heterocycles. The Morgan fingerprint density at radius 2 is 1.70 bits per heavy atom. The molecule has 1 N–H and O–H groups in total. The Morgan fingerprint density at radius 1 is 1.00 bits per heavy atom. The normalized spacial score (nSPS) is 11.6. The molecular formula is C26H34N2OSi. The zero-order valence-electron chi connectivity index (χ0n) is 19.0. The Bertz CT molecular complexity index is 1030. The van der Waals surface area contributed by atoms with Crippen molar-refractivity contribution in [1.29, 1.82) is 0 Å². The first-order valence-electron chi connectivity index (χ1n) is 11.2. The molecule has 1 amide bonds. The van der Waals surface area contributed by atoms with E-state index in [0.717, 1.165) is 34.1 Å². The van der Waals surface area contributed by atoms with Crippen molar-refractivity contribution in [3.8, 4) is 0 Å². The molecule has 0 aliphatic rings. The van der Waals surface area contributed by atoms with Crippen LogP contribution in [0.5, 0.6) is 0 Å². The monoisotopic (exact) mass is 418 g/mol. The van der Waals surface area contributed by atoms with Gasteiger partial charge in [0, 0.05) is 17.1 Å². The molecule has 0 radical (unpaired) electrons. The number of hydrogen-bond donors (Lipinski definition) is 1. The highest BCUT2D eigenvalue weighted by Crippen LogP contribution is 2.29. The number of hydrogen-bond acceptors (Lipinski definition) is 2. The Balaban J connectivity index is 1.93. The number of carbonyl (C=O) groups is 1.